The molecule has 6 heteroatoms. The van der Waals surface area contributed by atoms with Gasteiger partial charge in [-0.1, -0.05) is 20.8 Å². The van der Waals surface area contributed by atoms with Gasteiger partial charge in [-0.25, -0.2) is 0 Å². The lowest BCUT2D eigenvalue weighted by Crippen LogP contribution is -2.27. The molecule has 3 N–H and O–H groups in total. The van der Waals surface area contributed by atoms with E-state index < -0.39 is 5.91 Å². The summed E-state index contributed by atoms with van der Waals surface area (Å²) in [5, 5.41) is 3.47. The van der Waals surface area contributed by atoms with Gasteiger partial charge >= 0.3 is 0 Å². The van der Waals surface area contributed by atoms with E-state index in [0.717, 1.165) is 30.6 Å². The third kappa shape index (κ3) is 4.22. The van der Waals surface area contributed by atoms with Crippen LogP contribution in [-0.4, -0.2) is 18.4 Å². The SMILES string of the molecule is CCOc1ccc(C(=O)Nc2sc3c(c2C(N)=O)CC[C@H](C(C)(C)C)C3)cc1. The van der Waals surface area contributed by atoms with Crippen LogP contribution in [0.4, 0.5) is 5.00 Å². The molecule has 0 bridgehead atoms. The number of benzene rings is 1. The number of hydrogen-bond donors (Lipinski definition) is 2. The normalized spacial score (nSPS) is 16.4. The minimum absolute atomic E-state index is 0.209. The van der Waals surface area contributed by atoms with Crippen LogP contribution in [0.3, 0.4) is 0 Å². The summed E-state index contributed by atoms with van der Waals surface area (Å²) in [5.74, 6) is 0.538. The number of amides is 2. The van der Waals surface area contributed by atoms with E-state index in [1.165, 1.54) is 16.2 Å². The number of primary amides is 1. The second kappa shape index (κ2) is 7.95. The van der Waals surface area contributed by atoms with Gasteiger partial charge in [-0.05, 0) is 67.3 Å². The molecule has 2 amide bonds. The molecule has 0 saturated carbocycles. The van der Waals surface area contributed by atoms with Crippen LogP contribution in [0.2, 0.25) is 0 Å². The number of hydrogen-bond acceptors (Lipinski definition) is 4. The zero-order chi connectivity index (χ0) is 20.5. The van der Waals surface area contributed by atoms with E-state index in [1.807, 2.05) is 6.92 Å². The molecular weight excluding hydrogens is 372 g/mol. The maximum atomic E-state index is 12.7. The minimum atomic E-state index is -0.478. The van der Waals surface area contributed by atoms with Crippen molar-refractivity contribution in [1.82, 2.24) is 0 Å². The number of carbonyl (C=O) groups excluding carboxylic acids is 2. The fourth-order valence-corrected chi connectivity index (χ4v) is 5.05. The second-order valence-corrected chi connectivity index (χ2v) is 9.39. The zero-order valence-electron chi connectivity index (χ0n) is 16.9. The van der Waals surface area contributed by atoms with Crippen LogP contribution in [0.1, 0.15) is 65.3 Å². The van der Waals surface area contributed by atoms with Gasteiger partial charge in [0.05, 0.1) is 12.2 Å². The van der Waals surface area contributed by atoms with Crippen molar-refractivity contribution in [3.05, 3.63) is 45.8 Å². The molecule has 1 aromatic heterocycles. The highest BCUT2D eigenvalue weighted by Gasteiger charge is 2.33. The van der Waals surface area contributed by atoms with E-state index in [1.54, 1.807) is 24.3 Å². The van der Waals surface area contributed by atoms with Crippen molar-refractivity contribution >= 4 is 28.2 Å². The Morgan fingerprint density at radius 1 is 1.25 bits per heavy atom. The van der Waals surface area contributed by atoms with Gasteiger partial charge in [-0.3, -0.25) is 9.59 Å². The van der Waals surface area contributed by atoms with Crippen LogP contribution in [0.25, 0.3) is 0 Å². The maximum Gasteiger partial charge on any atom is 0.256 e. The average molecular weight is 401 g/mol. The third-order valence-electron chi connectivity index (χ3n) is 5.39. The summed E-state index contributed by atoms with van der Waals surface area (Å²) in [4.78, 5) is 26.0. The van der Waals surface area contributed by atoms with Crippen molar-refractivity contribution in [2.45, 2.75) is 47.0 Å². The Morgan fingerprint density at radius 3 is 2.50 bits per heavy atom. The van der Waals surface area contributed by atoms with Gasteiger partial charge in [0.15, 0.2) is 0 Å². The van der Waals surface area contributed by atoms with Gasteiger partial charge in [0.25, 0.3) is 11.8 Å². The number of anilines is 1. The lowest BCUT2D eigenvalue weighted by molar-refractivity contribution is 0.1000. The third-order valence-corrected chi connectivity index (χ3v) is 6.56. The summed E-state index contributed by atoms with van der Waals surface area (Å²) in [6, 6.07) is 6.96. The van der Waals surface area contributed by atoms with E-state index in [4.69, 9.17) is 10.5 Å². The smallest absolute Gasteiger partial charge is 0.256 e. The number of ether oxygens (including phenoxy) is 1. The lowest BCUT2D eigenvalue weighted by atomic mass is 9.72. The summed E-state index contributed by atoms with van der Waals surface area (Å²) >= 11 is 1.49. The Kier molecular flexibility index (Phi) is 5.79. The summed E-state index contributed by atoms with van der Waals surface area (Å²) in [6.07, 6.45) is 2.77. The average Bonchev–Trinajstić information content (AvgIpc) is 2.99. The maximum absolute atomic E-state index is 12.7. The first-order valence-corrected chi connectivity index (χ1v) is 10.5. The largest absolute Gasteiger partial charge is 0.494 e. The molecule has 1 aromatic carbocycles. The predicted molar refractivity (Wildman–Crippen MR) is 113 cm³/mol. The van der Waals surface area contributed by atoms with E-state index in [0.29, 0.717) is 28.7 Å². The molecule has 5 nitrogen and oxygen atoms in total. The molecule has 1 atom stereocenters. The Bertz CT molecular complexity index is 878. The number of fused-ring (bicyclic) bond motifs is 1. The molecule has 0 saturated heterocycles. The molecule has 150 valence electrons. The Balaban J connectivity index is 1.85. The van der Waals surface area contributed by atoms with Gasteiger partial charge in [0.2, 0.25) is 0 Å². The first kappa shape index (κ1) is 20.4. The van der Waals surface area contributed by atoms with E-state index in [-0.39, 0.29) is 11.3 Å². The summed E-state index contributed by atoms with van der Waals surface area (Å²) in [6.45, 7) is 9.23. The lowest BCUT2D eigenvalue weighted by Gasteiger charge is -2.33. The van der Waals surface area contributed by atoms with Crippen LogP contribution < -0.4 is 15.8 Å². The number of rotatable bonds is 5. The van der Waals surface area contributed by atoms with Gasteiger partial charge in [0.1, 0.15) is 10.8 Å². The van der Waals surface area contributed by atoms with Crippen molar-refractivity contribution in [3.8, 4) is 5.75 Å². The molecule has 1 aliphatic rings. The van der Waals surface area contributed by atoms with Crippen LogP contribution in [0, 0.1) is 11.3 Å². The monoisotopic (exact) mass is 400 g/mol. The zero-order valence-corrected chi connectivity index (χ0v) is 17.7. The standard InChI is InChI=1S/C22H28N2O3S/c1-5-27-15-9-6-13(7-10-15)20(26)24-21-18(19(23)25)16-11-8-14(22(2,3)4)12-17(16)28-21/h6-7,9-10,14H,5,8,11-12H2,1-4H3,(H2,23,25)(H,24,26)/t14-/m0/s1. The number of thiophene rings is 1. The summed E-state index contributed by atoms with van der Waals surface area (Å²) < 4.78 is 5.41. The van der Waals surface area contributed by atoms with Gasteiger partial charge in [0, 0.05) is 10.4 Å². The van der Waals surface area contributed by atoms with Crippen molar-refractivity contribution in [3.63, 3.8) is 0 Å². The predicted octanol–water partition coefficient (Wildman–Crippen LogP) is 4.65. The number of nitrogens with one attached hydrogen (secondary N) is 1. The molecule has 2 aromatic rings. The molecule has 0 spiro atoms. The Hall–Kier alpha value is -2.34. The van der Waals surface area contributed by atoms with Crippen molar-refractivity contribution in [2.75, 3.05) is 11.9 Å². The summed E-state index contributed by atoms with van der Waals surface area (Å²) in [7, 11) is 0. The van der Waals surface area contributed by atoms with E-state index >= 15 is 0 Å². The fraction of sp³-hybridized carbons (Fsp3) is 0.455. The van der Waals surface area contributed by atoms with Crippen LogP contribution in [0.15, 0.2) is 24.3 Å². The van der Waals surface area contributed by atoms with Crippen LogP contribution in [-0.2, 0) is 12.8 Å². The highest BCUT2D eigenvalue weighted by Crippen LogP contribution is 2.44. The first-order valence-electron chi connectivity index (χ1n) is 9.69. The highest BCUT2D eigenvalue weighted by molar-refractivity contribution is 7.17. The van der Waals surface area contributed by atoms with Gasteiger partial charge < -0.3 is 15.8 Å². The quantitative estimate of drug-likeness (QED) is 0.766. The molecule has 0 unspecified atom stereocenters. The second-order valence-electron chi connectivity index (χ2n) is 8.29. The number of nitrogens with two attached hydrogens (primary N) is 1. The topological polar surface area (TPSA) is 81.4 Å². The van der Waals surface area contributed by atoms with Gasteiger partial charge in [-0.15, -0.1) is 11.3 Å². The van der Waals surface area contributed by atoms with Crippen LogP contribution in [0.5, 0.6) is 5.75 Å². The molecule has 1 aliphatic carbocycles. The fourth-order valence-electron chi connectivity index (χ4n) is 3.72. The molecule has 28 heavy (non-hydrogen) atoms. The minimum Gasteiger partial charge on any atom is -0.494 e. The Labute approximate surface area is 170 Å². The van der Waals surface area contributed by atoms with Crippen molar-refractivity contribution in [1.29, 1.82) is 0 Å². The Morgan fingerprint density at radius 2 is 1.93 bits per heavy atom. The molecule has 0 radical (unpaired) electrons. The molecule has 3 rings (SSSR count). The van der Waals surface area contributed by atoms with Crippen molar-refractivity contribution in [2.24, 2.45) is 17.1 Å². The van der Waals surface area contributed by atoms with Crippen molar-refractivity contribution < 1.29 is 14.3 Å². The molecule has 0 fully saturated rings. The molecule has 1 heterocycles. The number of carbonyl (C=O) groups is 2. The highest BCUT2D eigenvalue weighted by atomic mass is 32.1. The van der Waals surface area contributed by atoms with Crippen LogP contribution >= 0.6 is 11.3 Å². The van der Waals surface area contributed by atoms with Gasteiger partial charge in [-0.2, -0.15) is 0 Å². The molecule has 0 aliphatic heterocycles. The van der Waals surface area contributed by atoms with E-state index in [9.17, 15) is 9.59 Å². The first-order chi connectivity index (χ1) is 13.2. The van der Waals surface area contributed by atoms with E-state index in [2.05, 4.69) is 26.1 Å². The summed E-state index contributed by atoms with van der Waals surface area (Å²) in [5.41, 5.74) is 7.88. The molecular formula is C22H28N2O3S.